The lowest BCUT2D eigenvalue weighted by atomic mass is 10.0. The quantitative estimate of drug-likeness (QED) is 0.645. The highest BCUT2D eigenvalue weighted by Crippen LogP contribution is 2.15. The Morgan fingerprint density at radius 2 is 1.78 bits per heavy atom. The van der Waals surface area contributed by atoms with E-state index in [0.29, 0.717) is 10.2 Å². The molecular formula is C19H18BrN2O5-. The maximum atomic E-state index is 12.6. The Morgan fingerprint density at radius 3 is 2.30 bits per heavy atom. The van der Waals surface area contributed by atoms with Crippen LogP contribution in [0.3, 0.4) is 0 Å². The molecular weight excluding hydrogens is 416 g/mol. The fraction of sp³-hybridized carbons (Fsp3) is 0.211. The Labute approximate surface area is 164 Å². The lowest BCUT2D eigenvalue weighted by Crippen LogP contribution is -2.52. The molecule has 0 aliphatic heterocycles. The molecule has 0 saturated heterocycles. The van der Waals surface area contributed by atoms with Gasteiger partial charge in [0.2, 0.25) is 0 Å². The van der Waals surface area contributed by atoms with E-state index in [1.165, 1.54) is 12.1 Å². The van der Waals surface area contributed by atoms with Crippen molar-refractivity contribution in [2.45, 2.75) is 19.9 Å². The number of aliphatic carboxylic acids is 1. The van der Waals surface area contributed by atoms with Crippen molar-refractivity contribution in [1.82, 2.24) is 10.6 Å². The molecule has 2 rings (SSSR count). The number of furan rings is 1. The zero-order valence-corrected chi connectivity index (χ0v) is 16.3. The Balaban J connectivity index is 2.29. The zero-order valence-electron chi connectivity index (χ0n) is 14.7. The van der Waals surface area contributed by atoms with Crippen molar-refractivity contribution in [2.24, 2.45) is 5.92 Å². The standard InChI is InChI=1S/C19H19BrN2O5/c1-11(2)16(19(25)26)22-17(23)13(10-12-6-4-3-5-7-12)21-18(24)14-8-9-15(20)27-14/h3-11,16H,1-2H3,(H,21,24)(H,22,23)(H,25,26)/p-1/b13-10-/t16-/m1/s1. The van der Waals surface area contributed by atoms with Crippen LogP contribution in [-0.2, 0) is 9.59 Å². The molecule has 2 amide bonds. The van der Waals surface area contributed by atoms with Crippen LogP contribution >= 0.6 is 15.9 Å². The van der Waals surface area contributed by atoms with Crippen LogP contribution in [0.5, 0.6) is 0 Å². The molecule has 27 heavy (non-hydrogen) atoms. The molecule has 142 valence electrons. The minimum Gasteiger partial charge on any atom is -0.548 e. The highest BCUT2D eigenvalue weighted by Gasteiger charge is 2.22. The van der Waals surface area contributed by atoms with Gasteiger partial charge >= 0.3 is 0 Å². The fourth-order valence-corrected chi connectivity index (χ4v) is 2.52. The number of carboxylic acids is 1. The average Bonchev–Trinajstić information content (AvgIpc) is 3.05. The van der Waals surface area contributed by atoms with Crippen molar-refractivity contribution in [3.05, 3.63) is 64.2 Å². The van der Waals surface area contributed by atoms with Gasteiger partial charge in [-0.15, -0.1) is 0 Å². The van der Waals surface area contributed by atoms with E-state index in [4.69, 9.17) is 4.42 Å². The molecule has 0 fully saturated rings. The molecule has 0 unspecified atom stereocenters. The third-order valence-electron chi connectivity index (χ3n) is 3.61. The number of carboxylic acid groups (broad SMARTS) is 1. The molecule has 2 aromatic rings. The van der Waals surface area contributed by atoms with Crippen LogP contribution in [0.4, 0.5) is 0 Å². The molecule has 0 aliphatic carbocycles. The van der Waals surface area contributed by atoms with Gasteiger partial charge in [-0.2, -0.15) is 0 Å². The lowest BCUT2D eigenvalue weighted by molar-refractivity contribution is -0.309. The van der Waals surface area contributed by atoms with Crippen LogP contribution in [-0.4, -0.2) is 23.8 Å². The number of nitrogens with one attached hydrogen (secondary N) is 2. The van der Waals surface area contributed by atoms with Crippen molar-refractivity contribution in [1.29, 1.82) is 0 Å². The monoisotopic (exact) mass is 433 g/mol. The van der Waals surface area contributed by atoms with E-state index in [9.17, 15) is 19.5 Å². The molecule has 1 atom stereocenters. The van der Waals surface area contributed by atoms with Crippen molar-refractivity contribution in [3.63, 3.8) is 0 Å². The molecule has 0 bridgehead atoms. The lowest BCUT2D eigenvalue weighted by Gasteiger charge is -2.24. The average molecular weight is 434 g/mol. The van der Waals surface area contributed by atoms with Crippen molar-refractivity contribution >= 4 is 39.8 Å². The van der Waals surface area contributed by atoms with Gasteiger partial charge in [-0.1, -0.05) is 44.2 Å². The topological polar surface area (TPSA) is 111 Å². The second-order valence-corrected chi connectivity index (χ2v) is 6.82. The number of carbonyl (C=O) groups excluding carboxylic acids is 3. The van der Waals surface area contributed by atoms with Gasteiger partial charge in [-0.25, -0.2) is 0 Å². The van der Waals surface area contributed by atoms with Gasteiger partial charge in [0.05, 0.1) is 12.0 Å². The third kappa shape index (κ3) is 5.82. The van der Waals surface area contributed by atoms with E-state index in [1.54, 1.807) is 50.2 Å². The minimum absolute atomic E-state index is 0.00560. The SMILES string of the molecule is CC(C)[C@@H](NC(=O)/C(=C/c1ccccc1)NC(=O)c1ccc(Br)o1)C(=O)[O-]. The van der Waals surface area contributed by atoms with Crippen LogP contribution in [0.15, 0.2) is 57.2 Å². The van der Waals surface area contributed by atoms with Crippen LogP contribution in [0.1, 0.15) is 30.0 Å². The van der Waals surface area contributed by atoms with Crippen molar-refractivity contribution < 1.29 is 23.9 Å². The van der Waals surface area contributed by atoms with Gasteiger partial charge in [-0.3, -0.25) is 9.59 Å². The van der Waals surface area contributed by atoms with Crippen LogP contribution in [0.25, 0.3) is 6.08 Å². The number of halogens is 1. The molecule has 0 aliphatic rings. The van der Waals surface area contributed by atoms with Gasteiger partial charge in [0, 0.05) is 0 Å². The molecule has 1 heterocycles. The molecule has 7 nitrogen and oxygen atoms in total. The molecule has 0 radical (unpaired) electrons. The molecule has 2 N–H and O–H groups in total. The highest BCUT2D eigenvalue weighted by molar-refractivity contribution is 9.10. The van der Waals surface area contributed by atoms with Crippen LogP contribution < -0.4 is 15.7 Å². The molecule has 8 heteroatoms. The van der Waals surface area contributed by atoms with E-state index in [1.807, 2.05) is 0 Å². The molecule has 1 aromatic heterocycles. The number of hydrogen-bond acceptors (Lipinski definition) is 5. The summed E-state index contributed by atoms with van der Waals surface area (Å²) < 4.78 is 5.54. The summed E-state index contributed by atoms with van der Waals surface area (Å²) >= 11 is 3.10. The molecule has 0 saturated carbocycles. The summed E-state index contributed by atoms with van der Waals surface area (Å²) in [7, 11) is 0. The first-order chi connectivity index (χ1) is 12.8. The van der Waals surface area contributed by atoms with Gasteiger partial charge in [-0.05, 0) is 45.6 Å². The highest BCUT2D eigenvalue weighted by atomic mass is 79.9. The largest absolute Gasteiger partial charge is 0.548 e. The summed E-state index contributed by atoms with van der Waals surface area (Å²) in [6.07, 6.45) is 1.44. The van der Waals surface area contributed by atoms with Crippen LogP contribution in [0.2, 0.25) is 0 Å². The Bertz CT molecular complexity index is 858. The van der Waals surface area contributed by atoms with Crippen LogP contribution in [0, 0.1) is 5.92 Å². The first-order valence-corrected chi connectivity index (χ1v) is 8.92. The number of amides is 2. The van der Waals surface area contributed by atoms with Gasteiger partial charge < -0.3 is 25.0 Å². The smallest absolute Gasteiger partial charge is 0.291 e. The first-order valence-electron chi connectivity index (χ1n) is 8.13. The Morgan fingerprint density at radius 1 is 1.11 bits per heavy atom. The summed E-state index contributed by atoms with van der Waals surface area (Å²) in [4.78, 5) is 36.2. The minimum atomic E-state index is -1.40. The van der Waals surface area contributed by atoms with E-state index in [-0.39, 0.29) is 11.5 Å². The molecule has 1 aromatic carbocycles. The van der Waals surface area contributed by atoms with E-state index >= 15 is 0 Å². The summed E-state index contributed by atoms with van der Waals surface area (Å²) in [5.74, 6) is -3.20. The normalized spacial score (nSPS) is 12.5. The first kappa shape index (κ1) is 20.4. The predicted octanol–water partition coefficient (Wildman–Crippen LogP) is 1.70. The Hall–Kier alpha value is -2.87. The zero-order chi connectivity index (χ0) is 20.0. The van der Waals surface area contributed by atoms with Gasteiger partial charge in [0.15, 0.2) is 10.4 Å². The number of benzene rings is 1. The third-order valence-corrected chi connectivity index (χ3v) is 4.03. The second-order valence-electron chi connectivity index (χ2n) is 6.04. The fourth-order valence-electron chi connectivity index (χ4n) is 2.21. The number of rotatable bonds is 7. The van der Waals surface area contributed by atoms with Gasteiger partial charge in [0.25, 0.3) is 11.8 Å². The summed E-state index contributed by atoms with van der Waals surface area (Å²) in [5, 5.41) is 16.1. The summed E-state index contributed by atoms with van der Waals surface area (Å²) in [6, 6.07) is 10.6. The van der Waals surface area contributed by atoms with Crippen molar-refractivity contribution in [2.75, 3.05) is 0 Å². The Kier molecular flexibility index (Phi) is 6.95. The predicted molar refractivity (Wildman–Crippen MR) is 100 cm³/mol. The molecule has 0 spiro atoms. The summed E-state index contributed by atoms with van der Waals surface area (Å²) in [5.41, 5.74) is 0.531. The van der Waals surface area contributed by atoms with E-state index < -0.39 is 29.7 Å². The second kappa shape index (κ2) is 9.18. The number of carbonyl (C=O) groups is 3. The number of hydrogen-bond donors (Lipinski definition) is 2. The van der Waals surface area contributed by atoms with E-state index in [0.717, 1.165) is 0 Å². The summed E-state index contributed by atoms with van der Waals surface area (Å²) in [6.45, 7) is 3.28. The van der Waals surface area contributed by atoms with Gasteiger partial charge in [0.1, 0.15) is 5.70 Å². The maximum absolute atomic E-state index is 12.6. The van der Waals surface area contributed by atoms with Crippen molar-refractivity contribution in [3.8, 4) is 0 Å². The van der Waals surface area contributed by atoms with E-state index in [2.05, 4.69) is 26.6 Å². The maximum Gasteiger partial charge on any atom is 0.291 e.